The van der Waals surface area contributed by atoms with E-state index < -0.39 is 41.0 Å². The van der Waals surface area contributed by atoms with Crippen molar-refractivity contribution in [1.82, 2.24) is 19.6 Å². The summed E-state index contributed by atoms with van der Waals surface area (Å²) < 4.78 is 103. The Morgan fingerprint density at radius 1 is 1.05 bits per heavy atom. The lowest BCUT2D eigenvalue weighted by Gasteiger charge is -2.20. The van der Waals surface area contributed by atoms with Gasteiger partial charge in [-0.25, -0.2) is 18.1 Å². The van der Waals surface area contributed by atoms with Crippen molar-refractivity contribution >= 4 is 33.2 Å². The van der Waals surface area contributed by atoms with Crippen LogP contribution in [0.15, 0.2) is 59.6 Å². The van der Waals surface area contributed by atoms with Gasteiger partial charge in [0.15, 0.2) is 0 Å². The molecule has 0 unspecified atom stereocenters. The van der Waals surface area contributed by atoms with Crippen molar-refractivity contribution in [2.24, 2.45) is 0 Å². The van der Waals surface area contributed by atoms with Gasteiger partial charge in [-0.15, -0.1) is 0 Å². The number of benzene rings is 2. The number of rotatable bonds is 10. The number of ether oxygens (including phenoxy) is 1. The van der Waals surface area contributed by atoms with E-state index in [1.807, 2.05) is 24.3 Å². The molecular weight excluding hydrogens is 488 g/mol. The fourth-order valence-corrected chi connectivity index (χ4v) is 4.89. The van der Waals surface area contributed by atoms with Crippen LogP contribution >= 0.6 is 0 Å². The maximum Gasteiger partial charge on any atom is 0.241 e. The van der Waals surface area contributed by atoms with E-state index >= 15 is 0 Å². The van der Waals surface area contributed by atoms with Gasteiger partial charge in [0.05, 0.1) is 4.90 Å². The van der Waals surface area contributed by atoms with Crippen molar-refractivity contribution in [2.45, 2.75) is 50.8 Å². The Kier molecular flexibility index (Phi) is 5.36. The summed E-state index contributed by atoms with van der Waals surface area (Å²) in [5, 5.41) is 6.08. The fourth-order valence-electron chi connectivity index (χ4n) is 3.83. The zero-order valence-corrected chi connectivity index (χ0v) is 21.2. The van der Waals surface area contributed by atoms with Crippen molar-refractivity contribution in [3.8, 4) is 5.75 Å². The lowest BCUT2D eigenvalue weighted by Crippen LogP contribution is -2.40. The largest absolute Gasteiger partial charge is 0.492 e. The van der Waals surface area contributed by atoms with Crippen molar-refractivity contribution in [2.75, 3.05) is 36.9 Å². The van der Waals surface area contributed by atoms with Gasteiger partial charge < -0.3 is 15.4 Å². The first-order valence-electron chi connectivity index (χ1n) is 16.3. The first-order valence-corrected chi connectivity index (χ1v) is 13.3. The Hall–Kier alpha value is -3.21. The number of aryl methyl sites for hydroxylation is 1. The highest BCUT2D eigenvalue weighted by Crippen LogP contribution is 2.24. The van der Waals surface area contributed by atoms with Gasteiger partial charge in [-0.3, -0.25) is 4.90 Å². The second-order valence-corrected chi connectivity index (χ2v) is 10.5. The first-order chi connectivity index (χ1) is 21.3. The Balaban J connectivity index is 1.49. The molecule has 1 aromatic heterocycles. The summed E-state index contributed by atoms with van der Waals surface area (Å²) in [6, 6.07) is 12.3. The summed E-state index contributed by atoms with van der Waals surface area (Å²) in [6.45, 7) is -5.85. The van der Waals surface area contributed by atoms with Crippen molar-refractivity contribution in [3.05, 3.63) is 60.3 Å². The highest BCUT2D eigenvalue weighted by Gasteiger charge is 2.22. The Morgan fingerprint density at radius 2 is 1.81 bits per heavy atom. The Bertz CT molecular complexity index is 1570. The summed E-state index contributed by atoms with van der Waals surface area (Å²) in [6.07, 6.45) is 4.00. The minimum Gasteiger partial charge on any atom is -0.492 e. The van der Waals surface area contributed by atoms with E-state index in [9.17, 15) is 8.42 Å². The highest BCUT2D eigenvalue weighted by atomic mass is 32.2. The molecule has 37 heavy (non-hydrogen) atoms. The van der Waals surface area contributed by atoms with Crippen LogP contribution < -0.4 is 20.1 Å². The quantitative estimate of drug-likeness (QED) is 0.340. The van der Waals surface area contributed by atoms with Gasteiger partial charge in [0.1, 0.15) is 18.2 Å². The molecule has 2 aromatic carbocycles. The van der Waals surface area contributed by atoms with E-state index in [2.05, 4.69) is 25.5 Å². The third-order valence-corrected chi connectivity index (χ3v) is 7.10. The number of sulfonamides is 1. The molecule has 4 rings (SSSR count). The van der Waals surface area contributed by atoms with Gasteiger partial charge in [-0.2, -0.15) is 4.98 Å². The minimum absolute atomic E-state index is 0.188. The molecule has 0 bridgehead atoms. The molecule has 0 amide bonds. The van der Waals surface area contributed by atoms with Crippen molar-refractivity contribution in [1.29, 1.82) is 0 Å². The maximum atomic E-state index is 13.3. The summed E-state index contributed by atoms with van der Waals surface area (Å²) in [5.74, 6) is 1.28. The number of hydrogen-bond acceptors (Lipinski definition) is 8. The van der Waals surface area contributed by atoms with Crippen LogP contribution in [0.25, 0.3) is 0 Å². The molecule has 0 radical (unpaired) electrons. The first kappa shape index (κ1) is 17.3. The number of nitrogens with one attached hydrogen (secondary N) is 3. The fraction of sp³-hybridized carbons (Fsp3) is 0.407. The summed E-state index contributed by atoms with van der Waals surface area (Å²) >= 11 is 0. The zero-order chi connectivity index (χ0) is 34.0. The molecule has 2 heterocycles. The highest BCUT2D eigenvalue weighted by molar-refractivity contribution is 7.89. The van der Waals surface area contributed by atoms with E-state index in [0.717, 1.165) is 37.5 Å². The number of likely N-dealkylation sites (tertiary alicyclic amines) is 1. The molecule has 0 saturated carbocycles. The normalized spacial score (nSPS) is 19.1. The summed E-state index contributed by atoms with van der Waals surface area (Å²) in [5.41, 5.74) is -2.28. The molecule has 9 nitrogen and oxygen atoms in total. The SMILES string of the molecule is [2H]C([2H])([2H])C(NS(=O)(=O)c1cccc(Nc2nc(Nc3ccc(OCCN4CCCC4)cc3)ncc2C)c1)(C([2H])([2H])[2H])C([2H])([2H])[2H]. The lowest BCUT2D eigenvalue weighted by atomic mass is 10.1. The third-order valence-electron chi connectivity index (χ3n) is 5.65. The van der Waals surface area contributed by atoms with Gasteiger partial charge >= 0.3 is 0 Å². The lowest BCUT2D eigenvalue weighted by molar-refractivity contribution is 0.238. The minimum atomic E-state index is -4.98. The van der Waals surface area contributed by atoms with Crippen LogP contribution in [0.1, 0.15) is 51.3 Å². The standard InChI is InChI=1S/C27H36N6O3S/c1-20-19-28-26(30-21-10-12-23(13-11-21)36-17-16-33-14-5-6-15-33)31-25(20)29-22-8-7-9-24(18-22)37(34,35)32-27(2,3)4/h7-13,18-19,32H,5-6,14-17H2,1-4H3,(H2,28,29,30,31)/i2D3,3D3,4D3. The average molecular weight is 534 g/mol. The van der Waals surface area contributed by atoms with E-state index in [-0.39, 0.29) is 11.6 Å². The molecule has 3 N–H and O–H groups in total. The molecule has 3 aromatic rings. The van der Waals surface area contributed by atoms with Crippen LogP contribution in [0, 0.1) is 6.92 Å². The number of nitrogens with zero attached hydrogens (tertiary/aromatic N) is 3. The van der Waals surface area contributed by atoms with Gasteiger partial charge in [0.25, 0.3) is 0 Å². The van der Waals surface area contributed by atoms with E-state index in [4.69, 9.17) is 17.1 Å². The molecule has 0 atom stereocenters. The topological polar surface area (TPSA) is 108 Å². The Labute approximate surface area is 232 Å². The molecule has 1 aliphatic rings. The number of aromatic nitrogens is 2. The molecule has 1 fully saturated rings. The van der Waals surface area contributed by atoms with Gasteiger partial charge in [0.2, 0.25) is 16.0 Å². The van der Waals surface area contributed by atoms with Crippen molar-refractivity contribution in [3.63, 3.8) is 0 Å². The van der Waals surface area contributed by atoms with Crippen LogP contribution in [0.4, 0.5) is 23.1 Å². The Morgan fingerprint density at radius 3 is 2.54 bits per heavy atom. The molecule has 0 spiro atoms. The van der Waals surface area contributed by atoms with E-state index in [1.165, 1.54) is 29.7 Å². The van der Waals surface area contributed by atoms with Gasteiger partial charge in [-0.05, 0) is 95.9 Å². The van der Waals surface area contributed by atoms with Crippen LogP contribution in [-0.2, 0) is 10.0 Å². The monoisotopic (exact) mass is 533 g/mol. The molecule has 1 aliphatic heterocycles. The van der Waals surface area contributed by atoms with Gasteiger partial charge in [0, 0.05) is 47.6 Å². The average Bonchev–Trinajstić information content (AvgIpc) is 3.46. The third kappa shape index (κ3) is 7.88. The predicted octanol–water partition coefficient (Wildman–Crippen LogP) is 4.82. The zero-order valence-electron chi connectivity index (χ0n) is 29.4. The molecule has 1 saturated heterocycles. The van der Waals surface area contributed by atoms with Crippen LogP contribution in [0.3, 0.4) is 0 Å². The maximum absolute atomic E-state index is 13.3. The van der Waals surface area contributed by atoms with Gasteiger partial charge in [-0.1, -0.05) is 6.07 Å². The molecule has 0 aliphatic carbocycles. The van der Waals surface area contributed by atoms with Crippen LogP contribution in [-0.4, -0.2) is 55.1 Å². The van der Waals surface area contributed by atoms with Crippen LogP contribution in [0.2, 0.25) is 0 Å². The number of anilines is 4. The van der Waals surface area contributed by atoms with Crippen LogP contribution in [0.5, 0.6) is 5.75 Å². The second kappa shape index (κ2) is 11.5. The molecule has 10 heteroatoms. The second-order valence-electron chi connectivity index (χ2n) is 8.78. The van der Waals surface area contributed by atoms with Crippen molar-refractivity contribution < 1.29 is 25.5 Å². The van der Waals surface area contributed by atoms with E-state index in [0.29, 0.717) is 23.7 Å². The smallest absolute Gasteiger partial charge is 0.241 e. The predicted molar refractivity (Wildman–Crippen MR) is 147 cm³/mol. The summed E-state index contributed by atoms with van der Waals surface area (Å²) in [7, 11) is -4.98. The molecular formula is C27H36N6O3S. The summed E-state index contributed by atoms with van der Waals surface area (Å²) in [4.78, 5) is 10.6. The van der Waals surface area contributed by atoms with E-state index in [1.54, 1.807) is 13.1 Å². The number of hydrogen-bond donors (Lipinski definition) is 3. The molecule has 198 valence electrons.